The van der Waals surface area contributed by atoms with Crippen LogP contribution in [0, 0.1) is 5.92 Å². The number of carbonyl (C=O) groups excluding carboxylic acids is 1. The van der Waals surface area contributed by atoms with Crippen molar-refractivity contribution in [2.24, 2.45) is 11.7 Å². The van der Waals surface area contributed by atoms with E-state index in [-0.39, 0.29) is 11.8 Å². The van der Waals surface area contributed by atoms with Gasteiger partial charge in [-0.15, -0.1) is 0 Å². The van der Waals surface area contributed by atoms with Crippen LogP contribution in [0.5, 0.6) is 0 Å². The second-order valence-corrected chi connectivity index (χ2v) is 5.23. The quantitative estimate of drug-likeness (QED) is 0.769. The van der Waals surface area contributed by atoms with Crippen LogP contribution in [0.15, 0.2) is 0 Å². The van der Waals surface area contributed by atoms with E-state index in [0.717, 1.165) is 25.7 Å². The van der Waals surface area contributed by atoms with Gasteiger partial charge in [-0.05, 0) is 33.1 Å². The Morgan fingerprint density at radius 3 is 2.47 bits per heavy atom. The van der Waals surface area contributed by atoms with Crippen LogP contribution in [0.2, 0.25) is 0 Å². The summed E-state index contributed by atoms with van der Waals surface area (Å²) in [7, 11) is 0. The predicted molar refractivity (Wildman–Crippen MR) is 70.2 cm³/mol. The fourth-order valence-electron chi connectivity index (χ4n) is 2.56. The van der Waals surface area contributed by atoms with Crippen molar-refractivity contribution in [3.8, 4) is 0 Å². The van der Waals surface area contributed by atoms with Crippen LogP contribution < -0.4 is 11.2 Å². The minimum Gasteiger partial charge on any atom is -0.330 e. The van der Waals surface area contributed by atoms with E-state index in [2.05, 4.69) is 31.2 Å². The van der Waals surface area contributed by atoms with Crippen molar-refractivity contribution in [2.75, 3.05) is 6.54 Å². The molecule has 3 N–H and O–H groups in total. The van der Waals surface area contributed by atoms with E-state index < -0.39 is 0 Å². The monoisotopic (exact) mass is 241 g/mol. The fraction of sp³-hybridized carbons (Fsp3) is 0.923. The molecule has 1 amide bonds. The number of nitrogens with zero attached hydrogens (tertiary/aromatic N) is 1. The average molecular weight is 241 g/mol. The number of piperidine rings is 1. The maximum atomic E-state index is 12.1. The molecular formula is C13H27N3O. The lowest BCUT2D eigenvalue weighted by Crippen LogP contribution is -2.55. The number of nitrogens with two attached hydrogens (primary N) is 1. The Labute approximate surface area is 105 Å². The van der Waals surface area contributed by atoms with Gasteiger partial charge in [-0.25, -0.2) is 5.01 Å². The largest absolute Gasteiger partial charge is 0.330 e. The molecule has 3 atom stereocenters. The number of hydrazine groups is 1. The van der Waals surface area contributed by atoms with E-state index in [1.54, 1.807) is 0 Å². The van der Waals surface area contributed by atoms with E-state index in [4.69, 9.17) is 5.73 Å². The highest BCUT2D eigenvalue weighted by Gasteiger charge is 2.27. The first-order chi connectivity index (χ1) is 8.10. The van der Waals surface area contributed by atoms with Gasteiger partial charge in [-0.2, -0.15) is 0 Å². The van der Waals surface area contributed by atoms with Crippen LogP contribution in [0.1, 0.15) is 52.9 Å². The first kappa shape index (κ1) is 14.5. The zero-order valence-electron chi connectivity index (χ0n) is 11.4. The van der Waals surface area contributed by atoms with Gasteiger partial charge in [0.05, 0.1) is 5.92 Å². The maximum absolute atomic E-state index is 12.1. The molecule has 0 radical (unpaired) electrons. The van der Waals surface area contributed by atoms with Crippen LogP contribution in [0.3, 0.4) is 0 Å². The van der Waals surface area contributed by atoms with Crippen molar-refractivity contribution in [2.45, 2.75) is 65.0 Å². The van der Waals surface area contributed by atoms with Crippen LogP contribution in [0.25, 0.3) is 0 Å². The molecule has 3 unspecified atom stereocenters. The molecule has 1 aliphatic heterocycles. The molecule has 0 bridgehead atoms. The smallest absolute Gasteiger partial charge is 0.238 e. The normalized spacial score (nSPS) is 27.8. The SMILES string of the molecule is CCCC(CN)C(=O)NN1C(C)CCCC1C. The summed E-state index contributed by atoms with van der Waals surface area (Å²) in [5.74, 6) is 0.0521. The summed E-state index contributed by atoms with van der Waals surface area (Å²) in [5.41, 5.74) is 8.72. The van der Waals surface area contributed by atoms with E-state index in [1.807, 2.05) is 0 Å². The molecule has 1 aliphatic rings. The Hall–Kier alpha value is -0.610. The van der Waals surface area contributed by atoms with Crippen molar-refractivity contribution in [3.05, 3.63) is 0 Å². The molecule has 0 aliphatic carbocycles. The Morgan fingerprint density at radius 1 is 1.41 bits per heavy atom. The third-order valence-corrected chi connectivity index (χ3v) is 3.73. The minimum atomic E-state index is -0.0404. The molecule has 0 spiro atoms. The van der Waals surface area contributed by atoms with Crippen LogP contribution in [-0.4, -0.2) is 29.5 Å². The Morgan fingerprint density at radius 2 is 2.00 bits per heavy atom. The highest BCUT2D eigenvalue weighted by Crippen LogP contribution is 2.20. The Balaban J connectivity index is 2.53. The summed E-state index contributed by atoms with van der Waals surface area (Å²) in [5, 5.41) is 2.12. The number of nitrogens with one attached hydrogen (secondary N) is 1. The number of rotatable bonds is 5. The van der Waals surface area contributed by atoms with Gasteiger partial charge in [-0.1, -0.05) is 19.8 Å². The summed E-state index contributed by atoms with van der Waals surface area (Å²) >= 11 is 0. The van der Waals surface area contributed by atoms with Gasteiger partial charge in [0.1, 0.15) is 0 Å². The summed E-state index contributed by atoms with van der Waals surface area (Å²) in [6.07, 6.45) is 5.45. The maximum Gasteiger partial charge on any atom is 0.238 e. The average Bonchev–Trinajstić information content (AvgIpc) is 2.30. The lowest BCUT2D eigenvalue weighted by atomic mass is 9.99. The van der Waals surface area contributed by atoms with Gasteiger partial charge >= 0.3 is 0 Å². The van der Waals surface area contributed by atoms with Crippen molar-refractivity contribution < 1.29 is 4.79 Å². The van der Waals surface area contributed by atoms with Crippen molar-refractivity contribution in [3.63, 3.8) is 0 Å². The molecule has 17 heavy (non-hydrogen) atoms. The molecule has 0 saturated carbocycles. The summed E-state index contributed by atoms with van der Waals surface area (Å²) in [4.78, 5) is 12.1. The number of hydrogen-bond acceptors (Lipinski definition) is 3. The second kappa shape index (κ2) is 6.97. The van der Waals surface area contributed by atoms with E-state index in [0.29, 0.717) is 18.6 Å². The summed E-state index contributed by atoms with van der Waals surface area (Å²) < 4.78 is 0. The van der Waals surface area contributed by atoms with E-state index in [1.165, 1.54) is 6.42 Å². The predicted octanol–water partition coefficient (Wildman–Crippen LogP) is 1.66. The van der Waals surface area contributed by atoms with Gasteiger partial charge < -0.3 is 5.73 Å². The molecule has 4 nitrogen and oxygen atoms in total. The number of amides is 1. The number of hydrogen-bond donors (Lipinski definition) is 2. The molecule has 0 aromatic rings. The zero-order valence-corrected chi connectivity index (χ0v) is 11.4. The molecule has 1 fully saturated rings. The minimum absolute atomic E-state index is 0.0404. The van der Waals surface area contributed by atoms with Crippen LogP contribution in [0.4, 0.5) is 0 Å². The molecule has 1 heterocycles. The van der Waals surface area contributed by atoms with Crippen molar-refractivity contribution >= 4 is 5.91 Å². The van der Waals surface area contributed by atoms with Gasteiger partial charge in [0.2, 0.25) is 5.91 Å². The molecule has 1 saturated heterocycles. The topological polar surface area (TPSA) is 58.4 Å². The van der Waals surface area contributed by atoms with Gasteiger partial charge in [-0.3, -0.25) is 10.2 Å². The van der Waals surface area contributed by atoms with Crippen LogP contribution in [-0.2, 0) is 4.79 Å². The first-order valence-corrected chi connectivity index (χ1v) is 6.89. The van der Waals surface area contributed by atoms with E-state index in [9.17, 15) is 4.79 Å². The summed E-state index contributed by atoms with van der Waals surface area (Å²) in [6.45, 7) is 6.87. The van der Waals surface area contributed by atoms with Gasteiger partial charge in [0.25, 0.3) is 0 Å². The van der Waals surface area contributed by atoms with Crippen molar-refractivity contribution in [1.82, 2.24) is 10.4 Å². The molecule has 100 valence electrons. The summed E-state index contributed by atoms with van der Waals surface area (Å²) in [6, 6.07) is 0.866. The zero-order chi connectivity index (χ0) is 12.8. The van der Waals surface area contributed by atoms with Gasteiger partial charge in [0.15, 0.2) is 0 Å². The van der Waals surface area contributed by atoms with Crippen LogP contribution >= 0.6 is 0 Å². The van der Waals surface area contributed by atoms with E-state index >= 15 is 0 Å². The lowest BCUT2D eigenvalue weighted by Gasteiger charge is -2.39. The second-order valence-electron chi connectivity index (χ2n) is 5.23. The lowest BCUT2D eigenvalue weighted by molar-refractivity contribution is -0.133. The van der Waals surface area contributed by atoms with Crippen molar-refractivity contribution in [1.29, 1.82) is 0 Å². The molecule has 1 rings (SSSR count). The third-order valence-electron chi connectivity index (χ3n) is 3.73. The molecule has 0 aromatic heterocycles. The molecule has 4 heteroatoms. The molecule has 0 aromatic carbocycles. The highest BCUT2D eigenvalue weighted by atomic mass is 16.2. The standard InChI is InChI=1S/C13H27N3O/c1-4-6-12(9-14)13(17)15-16-10(2)7-5-8-11(16)3/h10-12H,4-9,14H2,1-3H3,(H,15,17). The highest BCUT2D eigenvalue weighted by molar-refractivity contribution is 5.78. The fourth-order valence-corrected chi connectivity index (χ4v) is 2.56. The first-order valence-electron chi connectivity index (χ1n) is 6.89. The third kappa shape index (κ3) is 3.96. The number of carbonyl (C=O) groups is 1. The Kier molecular flexibility index (Phi) is 5.92. The van der Waals surface area contributed by atoms with Gasteiger partial charge in [0, 0.05) is 18.6 Å². The Bertz CT molecular complexity index is 235. The molecular weight excluding hydrogens is 214 g/mol.